The number of pyridine rings is 1. The number of benzene rings is 2. The van der Waals surface area contributed by atoms with Gasteiger partial charge in [-0.15, -0.1) is 0 Å². The van der Waals surface area contributed by atoms with Crippen molar-refractivity contribution in [3.63, 3.8) is 0 Å². The lowest BCUT2D eigenvalue weighted by atomic mass is 10.1. The third-order valence-electron chi connectivity index (χ3n) is 5.05. The van der Waals surface area contributed by atoms with Crippen LogP contribution in [0.4, 0.5) is 5.82 Å². The second kappa shape index (κ2) is 7.27. The first-order chi connectivity index (χ1) is 14.6. The fraction of sp³-hybridized carbons (Fsp3) is 0.0909. The van der Waals surface area contributed by atoms with Crippen molar-refractivity contribution in [3.05, 3.63) is 88.3 Å². The van der Waals surface area contributed by atoms with Gasteiger partial charge in [-0.2, -0.15) is 0 Å². The van der Waals surface area contributed by atoms with Crippen molar-refractivity contribution in [2.24, 2.45) is 0 Å². The van der Waals surface area contributed by atoms with Crippen LogP contribution in [-0.2, 0) is 0 Å². The smallest absolute Gasteiger partial charge is 0.264 e. The largest absolute Gasteiger partial charge is 0.360 e. The maximum absolute atomic E-state index is 13.5. The summed E-state index contributed by atoms with van der Waals surface area (Å²) in [5.74, 6) is 0.590. The van der Waals surface area contributed by atoms with Gasteiger partial charge < -0.3 is 10.3 Å². The molecule has 0 unspecified atom stereocenters. The van der Waals surface area contributed by atoms with Crippen molar-refractivity contribution >= 4 is 39.4 Å². The van der Waals surface area contributed by atoms with Gasteiger partial charge in [-0.1, -0.05) is 41.9 Å². The topological polar surface area (TPSA) is 88.5 Å². The van der Waals surface area contributed by atoms with Crippen molar-refractivity contribution in [1.29, 1.82) is 0 Å². The Morgan fingerprint density at radius 2 is 1.90 bits per heavy atom. The molecule has 5 aromatic rings. The number of hydrogen-bond acceptors (Lipinski definition) is 5. The molecular formula is C22H17ClN6O. The summed E-state index contributed by atoms with van der Waals surface area (Å²) in [6.07, 6.45) is 3.05. The molecule has 5 rings (SSSR count). The number of anilines is 1. The summed E-state index contributed by atoms with van der Waals surface area (Å²) in [4.78, 5) is 29.3. The summed E-state index contributed by atoms with van der Waals surface area (Å²) in [5, 5.41) is 5.10. The summed E-state index contributed by atoms with van der Waals surface area (Å²) < 4.78 is 1.69. The van der Waals surface area contributed by atoms with E-state index >= 15 is 0 Å². The van der Waals surface area contributed by atoms with Crippen molar-refractivity contribution in [2.45, 2.75) is 13.0 Å². The van der Waals surface area contributed by atoms with Crippen LogP contribution in [0.1, 0.15) is 18.7 Å². The highest BCUT2D eigenvalue weighted by Crippen LogP contribution is 2.27. The fourth-order valence-corrected chi connectivity index (χ4v) is 3.91. The zero-order valence-electron chi connectivity index (χ0n) is 16.0. The van der Waals surface area contributed by atoms with Gasteiger partial charge in [-0.25, -0.2) is 15.0 Å². The highest BCUT2D eigenvalue weighted by Gasteiger charge is 2.19. The lowest BCUT2D eigenvalue weighted by Crippen LogP contribution is -2.25. The summed E-state index contributed by atoms with van der Waals surface area (Å²) in [5.41, 5.74) is 2.66. The Morgan fingerprint density at radius 1 is 1.07 bits per heavy atom. The molecule has 2 N–H and O–H groups in total. The molecule has 8 heteroatoms. The number of nitrogens with one attached hydrogen (secondary N) is 2. The first kappa shape index (κ1) is 18.3. The molecule has 1 atom stereocenters. The first-order valence-corrected chi connectivity index (χ1v) is 9.81. The van der Waals surface area contributed by atoms with Crippen molar-refractivity contribution < 1.29 is 0 Å². The van der Waals surface area contributed by atoms with Crippen molar-refractivity contribution in [1.82, 2.24) is 24.5 Å². The number of nitrogens with zero attached hydrogens (tertiary/aromatic N) is 4. The minimum absolute atomic E-state index is 0.166. The summed E-state index contributed by atoms with van der Waals surface area (Å²) in [6.45, 7) is 1.98. The van der Waals surface area contributed by atoms with E-state index in [0.29, 0.717) is 27.4 Å². The highest BCUT2D eigenvalue weighted by atomic mass is 35.5. The number of halogens is 1. The zero-order valence-corrected chi connectivity index (χ0v) is 16.8. The minimum atomic E-state index is -0.254. The molecule has 0 saturated carbocycles. The highest BCUT2D eigenvalue weighted by molar-refractivity contribution is 6.35. The fourth-order valence-electron chi connectivity index (χ4n) is 3.65. The van der Waals surface area contributed by atoms with E-state index in [1.807, 2.05) is 55.5 Å². The van der Waals surface area contributed by atoms with E-state index in [4.69, 9.17) is 11.6 Å². The van der Waals surface area contributed by atoms with Gasteiger partial charge in [0.1, 0.15) is 11.8 Å². The van der Waals surface area contributed by atoms with Crippen LogP contribution in [0.3, 0.4) is 0 Å². The van der Waals surface area contributed by atoms with E-state index in [9.17, 15) is 4.79 Å². The van der Waals surface area contributed by atoms with Gasteiger partial charge in [-0.05, 0) is 36.6 Å². The van der Waals surface area contributed by atoms with E-state index in [0.717, 1.165) is 16.8 Å². The number of para-hydroxylation sites is 1. The second-order valence-electron chi connectivity index (χ2n) is 6.94. The lowest BCUT2D eigenvalue weighted by Gasteiger charge is -2.21. The molecule has 0 amide bonds. The third kappa shape index (κ3) is 3.00. The van der Waals surface area contributed by atoms with Gasteiger partial charge in [0.2, 0.25) is 0 Å². The van der Waals surface area contributed by atoms with E-state index in [1.165, 1.54) is 6.33 Å². The molecular weight excluding hydrogens is 400 g/mol. The predicted molar refractivity (Wildman–Crippen MR) is 118 cm³/mol. The molecule has 3 aromatic heterocycles. The number of fused-ring (bicyclic) bond motifs is 2. The normalized spacial score (nSPS) is 12.3. The Hall–Kier alpha value is -3.71. The van der Waals surface area contributed by atoms with Gasteiger partial charge in [-0.3, -0.25) is 9.36 Å². The summed E-state index contributed by atoms with van der Waals surface area (Å²) in [7, 11) is 0. The average molecular weight is 417 g/mol. The van der Waals surface area contributed by atoms with Crippen LogP contribution in [0.15, 0.2) is 72.0 Å². The summed E-state index contributed by atoms with van der Waals surface area (Å²) >= 11 is 6.38. The molecule has 2 aromatic carbocycles. The monoisotopic (exact) mass is 416 g/mol. The van der Waals surface area contributed by atoms with E-state index in [1.54, 1.807) is 17.0 Å². The van der Waals surface area contributed by atoms with Gasteiger partial charge in [0.05, 0.1) is 22.8 Å². The molecule has 0 aliphatic rings. The Bertz CT molecular complexity index is 1430. The maximum Gasteiger partial charge on any atom is 0.264 e. The second-order valence-corrected chi connectivity index (χ2v) is 7.34. The Balaban J connectivity index is 1.71. The van der Waals surface area contributed by atoms with Crippen molar-refractivity contribution in [2.75, 3.05) is 5.32 Å². The average Bonchev–Trinajstić information content (AvgIpc) is 3.24. The molecule has 0 aliphatic carbocycles. The van der Waals surface area contributed by atoms with Crippen LogP contribution in [-0.4, -0.2) is 24.5 Å². The van der Waals surface area contributed by atoms with Gasteiger partial charge in [0.15, 0.2) is 11.5 Å². The molecule has 0 saturated heterocycles. The van der Waals surface area contributed by atoms with E-state index in [-0.39, 0.29) is 11.6 Å². The molecule has 148 valence electrons. The van der Waals surface area contributed by atoms with Gasteiger partial charge in [0.25, 0.3) is 5.56 Å². The van der Waals surface area contributed by atoms with E-state index < -0.39 is 0 Å². The number of H-pyrrole nitrogens is 1. The third-order valence-corrected chi connectivity index (χ3v) is 5.37. The molecule has 0 radical (unpaired) electrons. The molecule has 0 aliphatic heterocycles. The number of aromatic nitrogens is 5. The van der Waals surface area contributed by atoms with E-state index in [2.05, 4.69) is 25.3 Å². The standard InChI is InChI=1S/C22H17ClN6O/c1-13(28-21-19-20(25-11-24-19)26-12-27-21)17-10-14-6-5-9-16(23)18(14)22(30)29(17)15-7-3-2-4-8-15/h2-13H,1H3,(H2,24,25,26,27,28)/t13-/m1/s1. The van der Waals surface area contributed by atoms with Gasteiger partial charge >= 0.3 is 0 Å². The zero-order chi connectivity index (χ0) is 20.7. The maximum atomic E-state index is 13.5. The van der Waals surface area contributed by atoms with Crippen LogP contribution in [0.25, 0.3) is 27.6 Å². The van der Waals surface area contributed by atoms with Gasteiger partial charge in [0, 0.05) is 11.4 Å². The Morgan fingerprint density at radius 3 is 2.73 bits per heavy atom. The number of hydrogen-bond donors (Lipinski definition) is 2. The molecule has 3 heterocycles. The van der Waals surface area contributed by atoms with Crippen LogP contribution in [0.2, 0.25) is 5.02 Å². The van der Waals surface area contributed by atoms with Crippen LogP contribution in [0, 0.1) is 0 Å². The molecule has 0 fully saturated rings. The number of imidazole rings is 1. The lowest BCUT2D eigenvalue weighted by molar-refractivity contribution is 0.774. The molecule has 0 spiro atoms. The molecule has 30 heavy (non-hydrogen) atoms. The quantitative estimate of drug-likeness (QED) is 0.451. The minimum Gasteiger partial charge on any atom is -0.360 e. The van der Waals surface area contributed by atoms with Crippen LogP contribution >= 0.6 is 11.6 Å². The predicted octanol–water partition coefficient (Wildman–Crippen LogP) is 4.48. The van der Waals surface area contributed by atoms with Crippen LogP contribution in [0.5, 0.6) is 0 Å². The number of aromatic amines is 1. The first-order valence-electron chi connectivity index (χ1n) is 9.43. The molecule has 0 bridgehead atoms. The summed E-state index contributed by atoms with van der Waals surface area (Å²) in [6, 6.07) is 16.7. The Kier molecular flexibility index (Phi) is 4.44. The number of rotatable bonds is 4. The Labute approximate surface area is 176 Å². The van der Waals surface area contributed by atoms with Crippen LogP contribution < -0.4 is 10.9 Å². The van der Waals surface area contributed by atoms with Crippen molar-refractivity contribution in [3.8, 4) is 5.69 Å². The SMILES string of the molecule is C[C@@H](Nc1ncnc2[nH]cnc12)c1cc2cccc(Cl)c2c(=O)n1-c1ccccc1. The molecule has 7 nitrogen and oxygen atoms in total.